The number of hydrogen-bond acceptors (Lipinski definition) is 1. The second kappa shape index (κ2) is 7.68. The minimum Gasteiger partial charge on any atom is -0.492 e. The fraction of sp³-hybridized carbons (Fsp3) is 0.444. The summed E-state index contributed by atoms with van der Waals surface area (Å²) in [6, 6.07) is 12.6. The Bertz CT molecular complexity index is 550. The molecule has 0 heterocycles. The average molecular weight is 335 g/mol. The van der Waals surface area contributed by atoms with Gasteiger partial charge in [0.15, 0.2) is 0 Å². The molecule has 1 nitrogen and oxygen atoms in total. The minimum absolute atomic E-state index is 0.660. The van der Waals surface area contributed by atoms with Crippen LogP contribution in [-0.2, 0) is 0 Å². The Morgan fingerprint density at radius 2 is 1.90 bits per heavy atom. The van der Waals surface area contributed by atoms with Crippen molar-refractivity contribution in [3.63, 3.8) is 0 Å². The summed E-state index contributed by atoms with van der Waals surface area (Å²) in [5.41, 5.74) is 0. The molecular weight excluding hydrogens is 312 g/mol. The second-order valence-electron chi connectivity index (χ2n) is 5.33. The maximum atomic E-state index is 6.05. The van der Waals surface area contributed by atoms with Crippen LogP contribution in [0.1, 0.15) is 39.5 Å². The Morgan fingerprint density at radius 3 is 2.65 bits per heavy atom. The Labute approximate surface area is 130 Å². The van der Waals surface area contributed by atoms with Crippen molar-refractivity contribution in [1.29, 1.82) is 0 Å². The number of rotatable bonds is 7. The zero-order valence-electron chi connectivity index (χ0n) is 12.4. The zero-order valence-corrected chi connectivity index (χ0v) is 13.9. The van der Waals surface area contributed by atoms with Crippen LogP contribution >= 0.6 is 15.9 Å². The third kappa shape index (κ3) is 3.76. The molecular formula is C18H23BrO. The molecule has 20 heavy (non-hydrogen) atoms. The van der Waals surface area contributed by atoms with Crippen molar-refractivity contribution in [3.05, 3.63) is 40.9 Å². The van der Waals surface area contributed by atoms with Gasteiger partial charge in [-0.1, -0.05) is 63.4 Å². The van der Waals surface area contributed by atoms with Gasteiger partial charge in [-0.2, -0.15) is 0 Å². The van der Waals surface area contributed by atoms with Crippen molar-refractivity contribution in [2.75, 3.05) is 6.61 Å². The van der Waals surface area contributed by atoms with E-state index in [1.807, 2.05) is 0 Å². The Hall–Kier alpha value is -1.02. The third-order valence-electron chi connectivity index (χ3n) is 3.85. The molecule has 0 aliphatic carbocycles. The van der Waals surface area contributed by atoms with E-state index >= 15 is 0 Å². The van der Waals surface area contributed by atoms with E-state index < -0.39 is 0 Å². The highest BCUT2D eigenvalue weighted by Crippen LogP contribution is 2.33. The summed E-state index contributed by atoms with van der Waals surface area (Å²) in [6.07, 6.45) is 5.00. The second-order valence-corrected chi connectivity index (χ2v) is 6.12. The van der Waals surface area contributed by atoms with Gasteiger partial charge in [0.2, 0.25) is 0 Å². The van der Waals surface area contributed by atoms with Crippen LogP contribution in [0.3, 0.4) is 0 Å². The molecule has 0 aliphatic heterocycles. The molecule has 108 valence electrons. The van der Waals surface area contributed by atoms with Gasteiger partial charge < -0.3 is 4.74 Å². The van der Waals surface area contributed by atoms with Crippen LogP contribution in [0.4, 0.5) is 0 Å². The lowest BCUT2D eigenvalue weighted by Gasteiger charge is -2.17. The van der Waals surface area contributed by atoms with Crippen molar-refractivity contribution in [3.8, 4) is 5.75 Å². The standard InChI is InChI=1S/C18H23BrO/c1-3-5-8-14(4-2)13-20-17-12-11-15-9-6-7-10-16(15)18(17)19/h6-7,9-12,14H,3-5,8,13H2,1-2H3. The first-order valence-electron chi connectivity index (χ1n) is 7.56. The number of unbranched alkanes of at least 4 members (excludes halogenated alkanes) is 1. The van der Waals surface area contributed by atoms with Crippen LogP contribution in [0.15, 0.2) is 40.9 Å². The molecule has 0 saturated heterocycles. The third-order valence-corrected chi connectivity index (χ3v) is 4.66. The van der Waals surface area contributed by atoms with Gasteiger partial charge in [-0.05, 0) is 45.1 Å². The van der Waals surface area contributed by atoms with Crippen molar-refractivity contribution < 1.29 is 4.74 Å². The normalized spacial score (nSPS) is 12.6. The summed E-state index contributed by atoms with van der Waals surface area (Å²) in [6.45, 7) is 5.31. The molecule has 0 N–H and O–H groups in total. The average Bonchev–Trinajstić information content (AvgIpc) is 2.49. The molecule has 2 aromatic rings. The van der Waals surface area contributed by atoms with E-state index in [2.05, 4.69) is 66.2 Å². The quantitative estimate of drug-likeness (QED) is 0.585. The molecule has 1 atom stereocenters. The van der Waals surface area contributed by atoms with Gasteiger partial charge in [-0.25, -0.2) is 0 Å². The summed E-state index contributed by atoms with van der Waals surface area (Å²) in [5.74, 6) is 1.62. The SMILES string of the molecule is CCCCC(CC)COc1ccc2ccccc2c1Br. The fourth-order valence-corrected chi connectivity index (χ4v) is 3.04. The van der Waals surface area contributed by atoms with E-state index in [1.54, 1.807) is 0 Å². The van der Waals surface area contributed by atoms with Crippen molar-refractivity contribution in [2.45, 2.75) is 39.5 Å². The Kier molecular flexibility index (Phi) is 5.90. The summed E-state index contributed by atoms with van der Waals surface area (Å²) >= 11 is 3.68. The van der Waals surface area contributed by atoms with Crippen LogP contribution < -0.4 is 4.74 Å². The Morgan fingerprint density at radius 1 is 1.10 bits per heavy atom. The molecule has 0 aliphatic rings. The van der Waals surface area contributed by atoms with Gasteiger partial charge in [0.05, 0.1) is 11.1 Å². The first-order valence-corrected chi connectivity index (χ1v) is 8.35. The van der Waals surface area contributed by atoms with Gasteiger partial charge in [0.1, 0.15) is 5.75 Å². The lowest BCUT2D eigenvalue weighted by atomic mass is 10.0. The number of halogens is 1. The predicted molar refractivity (Wildman–Crippen MR) is 90.4 cm³/mol. The van der Waals surface area contributed by atoms with E-state index in [9.17, 15) is 0 Å². The van der Waals surface area contributed by atoms with Gasteiger partial charge in [-0.15, -0.1) is 0 Å². The first kappa shape index (κ1) is 15.4. The molecule has 0 spiro atoms. The van der Waals surface area contributed by atoms with Crippen LogP contribution in [0.2, 0.25) is 0 Å². The first-order chi connectivity index (χ1) is 9.76. The van der Waals surface area contributed by atoms with Crippen LogP contribution in [-0.4, -0.2) is 6.61 Å². The van der Waals surface area contributed by atoms with Crippen molar-refractivity contribution in [2.24, 2.45) is 5.92 Å². The minimum atomic E-state index is 0.660. The maximum Gasteiger partial charge on any atom is 0.134 e. The Balaban J connectivity index is 2.07. The van der Waals surface area contributed by atoms with E-state index in [4.69, 9.17) is 4.74 Å². The van der Waals surface area contributed by atoms with E-state index in [0.29, 0.717) is 5.92 Å². The summed E-state index contributed by atoms with van der Waals surface area (Å²) < 4.78 is 7.12. The van der Waals surface area contributed by atoms with Gasteiger partial charge in [0, 0.05) is 0 Å². The van der Waals surface area contributed by atoms with Gasteiger partial charge >= 0.3 is 0 Å². The monoisotopic (exact) mass is 334 g/mol. The molecule has 0 fully saturated rings. The van der Waals surface area contributed by atoms with E-state index in [1.165, 1.54) is 36.5 Å². The van der Waals surface area contributed by atoms with Crippen LogP contribution in [0, 0.1) is 5.92 Å². The topological polar surface area (TPSA) is 9.23 Å². The van der Waals surface area contributed by atoms with Crippen LogP contribution in [0.25, 0.3) is 10.8 Å². The zero-order chi connectivity index (χ0) is 14.4. The highest BCUT2D eigenvalue weighted by atomic mass is 79.9. The van der Waals surface area contributed by atoms with Gasteiger partial charge in [0.25, 0.3) is 0 Å². The van der Waals surface area contributed by atoms with Crippen LogP contribution in [0.5, 0.6) is 5.75 Å². The maximum absolute atomic E-state index is 6.05. The largest absolute Gasteiger partial charge is 0.492 e. The van der Waals surface area contributed by atoms with Crippen molar-refractivity contribution >= 4 is 26.7 Å². The molecule has 0 aromatic heterocycles. The molecule has 2 aromatic carbocycles. The molecule has 2 heteroatoms. The summed E-state index contributed by atoms with van der Waals surface area (Å²) in [5, 5.41) is 2.45. The fourth-order valence-electron chi connectivity index (χ4n) is 2.43. The number of benzene rings is 2. The highest BCUT2D eigenvalue weighted by Gasteiger charge is 2.10. The predicted octanol–water partition coefficient (Wildman–Crippen LogP) is 6.20. The highest BCUT2D eigenvalue weighted by molar-refractivity contribution is 9.10. The van der Waals surface area contributed by atoms with Crippen molar-refractivity contribution in [1.82, 2.24) is 0 Å². The lowest BCUT2D eigenvalue weighted by molar-refractivity contribution is 0.232. The molecule has 0 saturated carbocycles. The lowest BCUT2D eigenvalue weighted by Crippen LogP contribution is -2.11. The molecule has 1 unspecified atom stereocenters. The molecule has 2 rings (SSSR count). The molecule has 0 radical (unpaired) electrons. The number of hydrogen-bond donors (Lipinski definition) is 0. The molecule has 0 bridgehead atoms. The number of fused-ring (bicyclic) bond motifs is 1. The summed E-state index contributed by atoms with van der Waals surface area (Å²) in [7, 11) is 0. The summed E-state index contributed by atoms with van der Waals surface area (Å²) in [4.78, 5) is 0. The van der Waals surface area contributed by atoms with Gasteiger partial charge in [-0.3, -0.25) is 0 Å². The van der Waals surface area contributed by atoms with E-state index in [-0.39, 0.29) is 0 Å². The smallest absolute Gasteiger partial charge is 0.134 e. The molecule has 0 amide bonds. The van der Waals surface area contributed by atoms with E-state index in [0.717, 1.165) is 16.8 Å². The number of ether oxygens (including phenoxy) is 1.